The molecule has 12 atom stereocenters. The molecule has 1 amide bonds. The number of aliphatic hydroxyl groups is 8. The average molecular weight is 1440 g/mol. The van der Waals surface area contributed by atoms with Crippen molar-refractivity contribution in [1.82, 2.24) is 5.32 Å². The lowest BCUT2D eigenvalue weighted by atomic mass is 9.97. The molecule has 0 radical (unpaired) electrons. The Morgan fingerprint density at radius 1 is 0.363 bits per heavy atom. The van der Waals surface area contributed by atoms with Gasteiger partial charge >= 0.3 is 0 Å². The second-order valence-corrected chi connectivity index (χ2v) is 29.9. The monoisotopic (exact) mass is 1440 g/mol. The van der Waals surface area contributed by atoms with Gasteiger partial charge in [-0.25, -0.2) is 0 Å². The van der Waals surface area contributed by atoms with Crippen molar-refractivity contribution in [2.24, 2.45) is 0 Å². The van der Waals surface area contributed by atoms with E-state index < -0.39 is 86.8 Å². The molecule has 14 nitrogen and oxygen atoms in total. The van der Waals surface area contributed by atoms with Crippen molar-refractivity contribution < 1.29 is 64.6 Å². The third-order valence-corrected chi connectivity index (χ3v) is 20.6. The summed E-state index contributed by atoms with van der Waals surface area (Å²) in [4.78, 5) is 13.4. The van der Waals surface area contributed by atoms with Crippen LogP contribution < -0.4 is 5.32 Å². The van der Waals surface area contributed by atoms with E-state index in [1.807, 2.05) is 6.08 Å². The fourth-order valence-corrected chi connectivity index (χ4v) is 13.9. The highest BCUT2D eigenvalue weighted by atomic mass is 16.7. The number of hydrogen-bond acceptors (Lipinski definition) is 13. The maximum atomic E-state index is 13.4. The number of unbranched alkanes of at least 4 members (excludes halogenated alkanes) is 47. The van der Waals surface area contributed by atoms with Crippen LogP contribution in [0.3, 0.4) is 0 Å². The number of aliphatic hydroxyl groups excluding tert-OH is 8. The topological polar surface area (TPSA) is 228 Å². The number of carbonyl (C=O) groups excluding carboxylic acids is 1. The van der Waals surface area contributed by atoms with E-state index in [4.69, 9.17) is 18.9 Å². The minimum absolute atomic E-state index is 0.233. The molecule has 0 spiro atoms. The van der Waals surface area contributed by atoms with Crippen molar-refractivity contribution in [2.45, 2.75) is 447 Å². The van der Waals surface area contributed by atoms with E-state index in [1.54, 1.807) is 6.08 Å². The summed E-state index contributed by atoms with van der Waals surface area (Å²) in [5.41, 5.74) is 0. The molecule has 0 aromatic heterocycles. The molecule has 0 saturated carbocycles. The maximum Gasteiger partial charge on any atom is 0.220 e. The highest BCUT2D eigenvalue weighted by Gasteiger charge is 2.51. The number of hydrogen-bond donors (Lipinski definition) is 9. The van der Waals surface area contributed by atoms with Crippen LogP contribution in [0.25, 0.3) is 0 Å². The van der Waals surface area contributed by atoms with Crippen molar-refractivity contribution in [3.05, 3.63) is 85.1 Å². The van der Waals surface area contributed by atoms with Gasteiger partial charge in [0.2, 0.25) is 5.91 Å². The third kappa shape index (κ3) is 53.0. The Bertz CT molecular complexity index is 2040. The highest BCUT2D eigenvalue weighted by Crippen LogP contribution is 2.30. The van der Waals surface area contributed by atoms with E-state index in [-0.39, 0.29) is 18.9 Å². The molecule has 2 rings (SSSR count). The van der Waals surface area contributed by atoms with Gasteiger partial charge in [0, 0.05) is 6.42 Å². The number of rotatable bonds is 72. The fourth-order valence-electron chi connectivity index (χ4n) is 13.9. The van der Waals surface area contributed by atoms with E-state index in [0.29, 0.717) is 6.42 Å². The number of amides is 1. The molecule has 0 aliphatic carbocycles. The molecule has 2 saturated heterocycles. The molecule has 0 aromatic rings. The van der Waals surface area contributed by atoms with Crippen LogP contribution in [-0.4, -0.2) is 140 Å². The Kier molecular flexibility index (Phi) is 66.4. The van der Waals surface area contributed by atoms with Gasteiger partial charge in [0.25, 0.3) is 0 Å². The van der Waals surface area contributed by atoms with Gasteiger partial charge in [-0.2, -0.15) is 0 Å². The fraction of sp³-hybridized carbons (Fsp3) is 0.830. The first-order valence-electron chi connectivity index (χ1n) is 42.8. The maximum absolute atomic E-state index is 13.4. The van der Waals surface area contributed by atoms with E-state index in [0.717, 1.165) is 77.0 Å². The zero-order valence-electron chi connectivity index (χ0n) is 65.3. The van der Waals surface area contributed by atoms with Gasteiger partial charge in [-0.1, -0.05) is 381 Å². The number of nitrogens with one attached hydrogen (secondary N) is 1. The second-order valence-electron chi connectivity index (χ2n) is 29.9. The molecule has 0 bridgehead atoms. The van der Waals surface area contributed by atoms with Crippen LogP contribution >= 0.6 is 0 Å². The van der Waals surface area contributed by atoms with Crippen molar-refractivity contribution >= 4 is 5.91 Å². The summed E-state index contributed by atoms with van der Waals surface area (Å²) in [5, 5.41) is 87.8. The van der Waals surface area contributed by atoms with Crippen LogP contribution in [0.5, 0.6) is 0 Å². The lowest BCUT2D eigenvalue weighted by Crippen LogP contribution is -2.65. The zero-order chi connectivity index (χ0) is 73.7. The van der Waals surface area contributed by atoms with E-state index in [2.05, 4.69) is 92.1 Å². The lowest BCUT2D eigenvalue weighted by molar-refractivity contribution is -0.359. The average Bonchev–Trinajstić information content (AvgIpc) is 0.790. The van der Waals surface area contributed by atoms with Crippen LogP contribution in [-0.2, 0) is 23.7 Å². The molecule has 2 fully saturated rings. The third-order valence-electron chi connectivity index (χ3n) is 20.6. The molecule has 2 aliphatic rings. The number of ether oxygens (including phenoxy) is 4. The first-order valence-corrected chi connectivity index (χ1v) is 42.8. The zero-order valence-corrected chi connectivity index (χ0v) is 65.3. The molecule has 102 heavy (non-hydrogen) atoms. The summed E-state index contributed by atoms with van der Waals surface area (Å²) < 4.78 is 22.9. The smallest absolute Gasteiger partial charge is 0.220 e. The van der Waals surface area contributed by atoms with Gasteiger partial charge in [0.1, 0.15) is 48.8 Å². The molecule has 9 N–H and O–H groups in total. The first-order chi connectivity index (χ1) is 50.1. The standard InChI is InChI=1S/C88H159NO13/c1-3-5-7-9-11-13-15-17-19-21-23-25-27-29-31-32-33-34-35-36-37-38-39-40-41-42-43-44-46-48-50-52-54-56-58-60-62-64-66-68-70-72-80(93)89-76(75-99-87-85(98)83(96)86(79(74-91)101-87)102-88-84(97)82(95)81(94)78(73-90)100-88)77(92)71-69-67-65-63-61-59-57-55-53-51-49-47-45-30-28-26-24-22-20-18-16-14-12-10-8-6-4-2/h5,7,11,13,17,19,23,25,29,31,33-34,69,71,76-79,81-88,90-92,94-98H,3-4,6,8-10,12,14-16,18,20-22,24,26-28,30,32,35-68,70,72-75H2,1-2H3,(H,89,93)/b7-5-,13-11-,19-17-,25-23-,31-29-,34-33-,71-69+. The summed E-state index contributed by atoms with van der Waals surface area (Å²) in [6.45, 7) is 2.74. The van der Waals surface area contributed by atoms with Gasteiger partial charge in [-0.15, -0.1) is 0 Å². The van der Waals surface area contributed by atoms with E-state index in [9.17, 15) is 45.6 Å². The largest absolute Gasteiger partial charge is 0.394 e. The van der Waals surface area contributed by atoms with E-state index >= 15 is 0 Å². The van der Waals surface area contributed by atoms with Gasteiger partial charge < -0.3 is 65.1 Å². The van der Waals surface area contributed by atoms with Crippen LogP contribution in [0, 0.1) is 0 Å². The Morgan fingerprint density at radius 2 is 0.676 bits per heavy atom. The van der Waals surface area contributed by atoms with Crippen molar-refractivity contribution in [2.75, 3.05) is 19.8 Å². The van der Waals surface area contributed by atoms with Gasteiger partial charge in [-0.3, -0.25) is 4.79 Å². The summed E-state index contributed by atoms with van der Waals surface area (Å²) in [5.74, 6) is -0.233. The van der Waals surface area contributed by atoms with Crippen LogP contribution in [0.2, 0.25) is 0 Å². The summed E-state index contributed by atoms with van der Waals surface area (Å²) in [6.07, 6.45) is 83.9. The molecule has 594 valence electrons. The normalized spacial score (nSPS) is 22.1. The van der Waals surface area contributed by atoms with Gasteiger partial charge in [0.05, 0.1) is 32.0 Å². The summed E-state index contributed by atoms with van der Waals surface area (Å²) in [6, 6.07) is -0.918. The molecule has 2 heterocycles. The number of carbonyl (C=O) groups is 1. The van der Waals surface area contributed by atoms with Crippen molar-refractivity contribution in [1.29, 1.82) is 0 Å². The van der Waals surface area contributed by atoms with Crippen LogP contribution in [0.1, 0.15) is 373 Å². The summed E-state index contributed by atoms with van der Waals surface area (Å²) in [7, 11) is 0. The number of allylic oxidation sites excluding steroid dienone is 13. The van der Waals surface area contributed by atoms with Crippen molar-refractivity contribution in [3.8, 4) is 0 Å². The molecule has 2 aliphatic heterocycles. The first kappa shape index (κ1) is 95.2. The molecule has 14 heteroatoms. The minimum Gasteiger partial charge on any atom is -0.394 e. The molecular formula is C88H159NO13. The quantitative estimate of drug-likeness (QED) is 0.0204. The van der Waals surface area contributed by atoms with Crippen LogP contribution in [0.15, 0.2) is 85.1 Å². The Hall–Kier alpha value is -2.83. The Morgan fingerprint density at radius 3 is 1.04 bits per heavy atom. The predicted octanol–water partition coefficient (Wildman–Crippen LogP) is 20.3. The summed E-state index contributed by atoms with van der Waals surface area (Å²) >= 11 is 0. The van der Waals surface area contributed by atoms with Gasteiger partial charge in [0.15, 0.2) is 12.6 Å². The Labute approximate surface area is 624 Å². The molecule has 0 aromatic carbocycles. The van der Waals surface area contributed by atoms with Crippen molar-refractivity contribution in [3.63, 3.8) is 0 Å². The van der Waals surface area contributed by atoms with Gasteiger partial charge in [-0.05, 0) is 70.6 Å². The Balaban J connectivity index is 1.57. The predicted molar refractivity (Wildman–Crippen MR) is 424 cm³/mol. The van der Waals surface area contributed by atoms with E-state index in [1.165, 1.54) is 270 Å². The van der Waals surface area contributed by atoms with Crippen LogP contribution in [0.4, 0.5) is 0 Å². The second kappa shape index (κ2) is 71.1. The molecular weight excluding hydrogens is 1280 g/mol. The highest BCUT2D eigenvalue weighted by molar-refractivity contribution is 5.76. The molecule has 12 unspecified atom stereocenters. The minimum atomic E-state index is -1.79. The SMILES string of the molecule is CC/C=C\C/C=C\C/C=C\C/C=C\C/C=C\C/C=C\CCCCCCCCCCCCCCCCCCCCCCCCC(=O)NC(COC1OC(CO)C(OC2OC(CO)C(O)C(O)C2O)C(O)C1O)C(O)/C=C/CCCCCCCCCCCCCCCCCCCCCCCCCCC. The lowest BCUT2D eigenvalue weighted by Gasteiger charge is -2.46.